The predicted octanol–water partition coefficient (Wildman–Crippen LogP) is 3.87. The van der Waals surface area contributed by atoms with Gasteiger partial charge in [0.25, 0.3) is 0 Å². The van der Waals surface area contributed by atoms with Gasteiger partial charge in [0.05, 0.1) is 6.67 Å². The molecule has 0 spiro atoms. The van der Waals surface area contributed by atoms with Crippen molar-refractivity contribution in [2.24, 2.45) is 11.8 Å². The van der Waals surface area contributed by atoms with E-state index in [4.69, 9.17) is 0 Å². The summed E-state index contributed by atoms with van der Waals surface area (Å²) in [6.07, 6.45) is 5.44. The summed E-state index contributed by atoms with van der Waals surface area (Å²) >= 11 is 0. The Hall–Kier alpha value is -0.920. The average molecular weight is 248 g/mol. The summed E-state index contributed by atoms with van der Waals surface area (Å²) in [6.45, 7) is 14.5. The molecule has 102 valence electrons. The van der Waals surface area contributed by atoms with Gasteiger partial charge in [0.1, 0.15) is 0 Å². The fourth-order valence-corrected chi connectivity index (χ4v) is 3.40. The third kappa shape index (κ3) is 2.43. The smallest absolute Gasteiger partial charge is 0.0876 e. The van der Waals surface area contributed by atoms with Crippen LogP contribution in [-0.4, -0.2) is 17.6 Å². The lowest BCUT2D eigenvalue weighted by Gasteiger charge is -2.41. The van der Waals surface area contributed by atoms with Crippen molar-refractivity contribution in [1.82, 2.24) is 10.2 Å². The second kappa shape index (κ2) is 5.38. The fraction of sp³-hybridized carbons (Fsp3) is 0.750. The van der Waals surface area contributed by atoms with Crippen LogP contribution in [0.25, 0.3) is 0 Å². The number of nitrogens with zero attached hydrogens (tertiary/aromatic N) is 1. The molecule has 1 heterocycles. The molecule has 0 atom stereocenters. The van der Waals surface area contributed by atoms with Crippen molar-refractivity contribution in [2.45, 2.75) is 59.4 Å². The van der Waals surface area contributed by atoms with E-state index in [1.807, 2.05) is 0 Å². The van der Waals surface area contributed by atoms with E-state index in [2.05, 4.69) is 44.5 Å². The summed E-state index contributed by atoms with van der Waals surface area (Å²) in [5.74, 6) is 1.11. The number of allylic oxidation sites excluding steroid dienone is 2. The Kier molecular flexibility index (Phi) is 4.04. The molecule has 1 aliphatic heterocycles. The van der Waals surface area contributed by atoms with Gasteiger partial charge in [-0.15, -0.1) is 0 Å². The molecular formula is C16H28N2. The molecular weight excluding hydrogens is 220 g/mol. The van der Waals surface area contributed by atoms with Crippen molar-refractivity contribution in [3.8, 4) is 0 Å². The summed E-state index contributed by atoms with van der Waals surface area (Å²) in [4.78, 5) is 2.51. The Labute approximate surface area is 112 Å². The first-order valence-corrected chi connectivity index (χ1v) is 7.46. The average Bonchev–Trinajstić information content (AvgIpc) is 2.81. The number of hydrogen-bond donors (Lipinski definition) is 1. The van der Waals surface area contributed by atoms with Crippen molar-refractivity contribution >= 4 is 0 Å². The van der Waals surface area contributed by atoms with Crippen LogP contribution in [-0.2, 0) is 0 Å². The lowest BCUT2D eigenvalue weighted by molar-refractivity contribution is 0.229. The van der Waals surface area contributed by atoms with E-state index in [0.29, 0.717) is 17.9 Å². The van der Waals surface area contributed by atoms with E-state index in [1.165, 1.54) is 42.7 Å². The molecule has 1 fully saturated rings. The first kappa shape index (κ1) is 13.5. The van der Waals surface area contributed by atoms with E-state index in [0.717, 1.165) is 6.67 Å². The molecule has 18 heavy (non-hydrogen) atoms. The van der Waals surface area contributed by atoms with Gasteiger partial charge in [-0.3, -0.25) is 0 Å². The Morgan fingerprint density at radius 1 is 1.11 bits per heavy atom. The fourth-order valence-electron chi connectivity index (χ4n) is 3.40. The monoisotopic (exact) mass is 248 g/mol. The summed E-state index contributed by atoms with van der Waals surface area (Å²) < 4.78 is 0. The van der Waals surface area contributed by atoms with Crippen LogP contribution in [0.4, 0.5) is 0 Å². The zero-order valence-electron chi connectivity index (χ0n) is 12.4. The van der Waals surface area contributed by atoms with Crippen molar-refractivity contribution in [2.75, 3.05) is 6.67 Å². The normalized spacial score (nSPS) is 22.3. The van der Waals surface area contributed by atoms with E-state index in [1.54, 1.807) is 0 Å². The highest BCUT2D eigenvalue weighted by atomic mass is 15.3. The summed E-state index contributed by atoms with van der Waals surface area (Å²) in [5.41, 5.74) is 4.13. The molecule has 0 aromatic heterocycles. The molecule has 0 aromatic carbocycles. The quantitative estimate of drug-likeness (QED) is 0.815. The minimum atomic E-state index is 0.548. The molecule has 2 heteroatoms. The third-order valence-corrected chi connectivity index (χ3v) is 4.31. The van der Waals surface area contributed by atoms with Gasteiger partial charge in [0.2, 0.25) is 0 Å². The minimum Gasteiger partial charge on any atom is -0.371 e. The van der Waals surface area contributed by atoms with E-state index < -0.39 is 0 Å². The molecule has 2 aliphatic rings. The van der Waals surface area contributed by atoms with Crippen LogP contribution >= 0.6 is 0 Å². The number of rotatable bonds is 3. The van der Waals surface area contributed by atoms with Crippen LogP contribution < -0.4 is 5.32 Å². The predicted molar refractivity (Wildman–Crippen MR) is 77.9 cm³/mol. The maximum atomic E-state index is 4.40. The summed E-state index contributed by atoms with van der Waals surface area (Å²) in [5, 5.41) is 3.65. The molecule has 1 N–H and O–H groups in total. The third-order valence-electron chi connectivity index (χ3n) is 4.31. The van der Waals surface area contributed by atoms with Crippen LogP contribution in [0.3, 0.4) is 0 Å². The first-order valence-electron chi connectivity index (χ1n) is 7.46. The Bertz CT molecular complexity index is 346. The Morgan fingerprint density at radius 3 is 2.22 bits per heavy atom. The van der Waals surface area contributed by atoms with Crippen molar-refractivity contribution < 1.29 is 0 Å². The molecule has 2 nitrogen and oxygen atoms in total. The van der Waals surface area contributed by atoms with Gasteiger partial charge in [-0.05, 0) is 30.3 Å². The molecule has 1 aliphatic carbocycles. The molecule has 0 unspecified atom stereocenters. The molecule has 1 saturated carbocycles. The minimum absolute atomic E-state index is 0.548. The van der Waals surface area contributed by atoms with Gasteiger partial charge in [-0.1, -0.05) is 47.1 Å². The van der Waals surface area contributed by atoms with Gasteiger partial charge >= 0.3 is 0 Å². The molecule has 0 radical (unpaired) electrons. The first-order chi connectivity index (χ1) is 8.52. The lowest BCUT2D eigenvalue weighted by Crippen LogP contribution is -2.45. The van der Waals surface area contributed by atoms with Crippen molar-refractivity contribution in [3.05, 3.63) is 23.5 Å². The Morgan fingerprint density at radius 2 is 1.72 bits per heavy atom. The van der Waals surface area contributed by atoms with Gasteiger partial charge in [-0.25, -0.2) is 0 Å². The van der Waals surface area contributed by atoms with Crippen molar-refractivity contribution in [1.29, 1.82) is 0 Å². The van der Waals surface area contributed by atoms with Gasteiger partial charge in [-0.2, -0.15) is 0 Å². The molecule has 0 amide bonds. The van der Waals surface area contributed by atoms with Gasteiger partial charge < -0.3 is 10.2 Å². The summed E-state index contributed by atoms with van der Waals surface area (Å²) in [7, 11) is 0. The van der Waals surface area contributed by atoms with E-state index in [-0.39, 0.29) is 0 Å². The molecule has 0 bridgehead atoms. The van der Waals surface area contributed by atoms with Crippen LogP contribution in [0.1, 0.15) is 53.4 Å². The second-order valence-corrected chi connectivity index (χ2v) is 6.33. The highest BCUT2D eigenvalue weighted by molar-refractivity contribution is 5.37. The zero-order valence-corrected chi connectivity index (χ0v) is 12.4. The van der Waals surface area contributed by atoms with Crippen LogP contribution in [0, 0.1) is 11.8 Å². The highest BCUT2D eigenvalue weighted by Crippen LogP contribution is 2.35. The van der Waals surface area contributed by atoms with Crippen LogP contribution in [0.5, 0.6) is 0 Å². The van der Waals surface area contributed by atoms with Crippen LogP contribution in [0.15, 0.2) is 23.5 Å². The SMILES string of the molecule is C=C1C(C(C)C)=C(C(C)C)NCN1C1CCCC1. The standard InChI is InChI=1S/C16H28N2/c1-11(2)15-13(5)18(14-8-6-7-9-14)10-17-16(15)12(3)4/h11-12,14,17H,5-10H2,1-4H3. The molecule has 2 rings (SSSR count). The lowest BCUT2D eigenvalue weighted by atomic mass is 9.90. The number of hydrogen-bond acceptors (Lipinski definition) is 2. The van der Waals surface area contributed by atoms with Crippen molar-refractivity contribution in [3.63, 3.8) is 0 Å². The maximum Gasteiger partial charge on any atom is 0.0876 e. The largest absolute Gasteiger partial charge is 0.371 e. The molecule has 0 saturated heterocycles. The maximum absolute atomic E-state index is 4.40. The topological polar surface area (TPSA) is 15.3 Å². The molecule has 0 aromatic rings. The zero-order chi connectivity index (χ0) is 13.3. The van der Waals surface area contributed by atoms with Gasteiger partial charge in [0.15, 0.2) is 0 Å². The number of nitrogens with one attached hydrogen (secondary N) is 1. The van der Waals surface area contributed by atoms with E-state index in [9.17, 15) is 0 Å². The highest BCUT2D eigenvalue weighted by Gasteiger charge is 2.30. The Balaban J connectivity index is 2.25. The van der Waals surface area contributed by atoms with Crippen LogP contribution in [0.2, 0.25) is 0 Å². The second-order valence-electron chi connectivity index (χ2n) is 6.33. The summed E-state index contributed by atoms with van der Waals surface area (Å²) in [6, 6.07) is 0.715. The van der Waals surface area contributed by atoms with E-state index >= 15 is 0 Å². The van der Waals surface area contributed by atoms with Gasteiger partial charge in [0, 0.05) is 17.4 Å².